The maximum absolute atomic E-state index is 12.0. The van der Waals surface area contributed by atoms with Crippen LogP contribution < -0.4 is 14.8 Å². The van der Waals surface area contributed by atoms with Gasteiger partial charge in [-0.15, -0.1) is 10.2 Å². The quantitative estimate of drug-likeness (QED) is 0.235. The lowest BCUT2D eigenvalue weighted by atomic mass is 9.78. The van der Waals surface area contributed by atoms with Gasteiger partial charge < -0.3 is 23.9 Å². The molecule has 42 heavy (non-hydrogen) atoms. The van der Waals surface area contributed by atoms with Gasteiger partial charge in [0.25, 0.3) is 5.89 Å². The van der Waals surface area contributed by atoms with Crippen molar-refractivity contribution in [1.29, 1.82) is 0 Å². The van der Waals surface area contributed by atoms with Crippen molar-refractivity contribution in [3.8, 4) is 23.1 Å². The summed E-state index contributed by atoms with van der Waals surface area (Å²) in [5, 5.41) is 10.8. The zero-order valence-electron chi connectivity index (χ0n) is 25.0. The van der Waals surface area contributed by atoms with Crippen LogP contribution in [0.1, 0.15) is 70.2 Å². The van der Waals surface area contributed by atoms with Crippen LogP contribution in [0.15, 0.2) is 71.1 Å². The summed E-state index contributed by atoms with van der Waals surface area (Å²) in [7, 11) is 0. The molecule has 1 aliphatic rings. The number of carbonyl (C=O) groups is 1. The molecule has 0 radical (unpaired) electrons. The number of ether oxygens (including phenoxy) is 3. The minimum Gasteiger partial charge on any atom is -0.490 e. The molecular weight excluding hydrogens is 532 g/mol. The van der Waals surface area contributed by atoms with E-state index in [1.807, 2.05) is 63.2 Å². The molecule has 2 heterocycles. The summed E-state index contributed by atoms with van der Waals surface area (Å²) in [4.78, 5) is 16.5. The Morgan fingerprint density at radius 3 is 2.14 bits per heavy atom. The van der Waals surface area contributed by atoms with E-state index in [4.69, 9.17) is 18.6 Å². The molecule has 1 aliphatic carbocycles. The highest BCUT2D eigenvalue weighted by molar-refractivity contribution is 5.68. The van der Waals surface area contributed by atoms with Gasteiger partial charge >= 0.3 is 6.09 Å². The number of nitrogens with zero attached hydrogens (tertiary/aromatic N) is 3. The van der Waals surface area contributed by atoms with Crippen LogP contribution in [-0.2, 0) is 16.8 Å². The molecule has 1 saturated carbocycles. The van der Waals surface area contributed by atoms with Crippen molar-refractivity contribution in [3.63, 3.8) is 0 Å². The molecule has 1 amide bonds. The molecule has 9 heteroatoms. The number of nitrogens with one attached hydrogen (secondary N) is 1. The van der Waals surface area contributed by atoms with Gasteiger partial charge in [0.2, 0.25) is 5.89 Å². The van der Waals surface area contributed by atoms with Crippen molar-refractivity contribution in [1.82, 2.24) is 20.5 Å². The van der Waals surface area contributed by atoms with Crippen LogP contribution in [0.25, 0.3) is 11.6 Å². The van der Waals surface area contributed by atoms with Gasteiger partial charge in [0.1, 0.15) is 35.5 Å². The number of carbonyl (C=O) groups excluding carboxylic acids is 1. The zero-order valence-corrected chi connectivity index (χ0v) is 25.0. The maximum atomic E-state index is 12.0. The molecule has 4 aromatic rings. The van der Waals surface area contributed by atoms with E-state index in [1.165, 1.54) is 11.1 Å². The Morgan fingerprint density at radius 1 is 0.905 bits per heavy atom. The van der Waals surface area contributed by atoms with Crippen LogP contribution in [0.4, 0.5) is 4.79 Å². The van der Waals surface area contributed by atoms with Gasteiger partial charge in [0.15, 0.2) is 0 Å². The molecule has 1 N–H and O–H groups in total. The minimum atomic E-state index is -0.503. The Labute approximate surface area is 246 Å². The van der Waals surface area contributed by atoms with Gasteiger partial charge in [-0.05, 0) is 68.3 Å². The first-order chi connectivity index (χ1) is 19.9. The fraction of sp³-hybridized carbons (Fsp3) is 0.394. The predicted molar refractivity (Wildman–Crippen MR) is 158 cm³/mol. The molecule has 2 aromatic carbocycles. The molecule has 0 unspecified atom stereocenters. The fourth-order valence-electron chi connectivity index (χ4n) is 4.77. The van der Waals surface area contributed by atoms with Gasteiger partial charge in [-0.1, -0.05) is 44.2 Å². The lowest BCUT2D eigenvalue weighted by molar-refractivity contribution is 0.0363. The zero-order chi connectivity index (χ0) is 29.9. The largest absolute Gasteiger partial charge is 0.490 e. The number of aromatic nitrogens is 3. The van der Waals surface area contributed by atoms with Gasteiger partial charge in [-0.3, -0.25) is 0 Å². The Balaban J connectivity index is 1.12. The first-order valence-corrected chi connectivity index (χ1v) is 14.2. The molecule has 1 fully saturated rings. The molecule has 9 nitrogen and oxygen atoms in total. The third-order valence-electron chi connectivity index (χ3n) is 7.21. The van der Waals surface area contributed by atoms with E-state index in [0.29, 0.717) is 24.1 Å². The monoisotopic (exact) mass is 570 g/mol. The van der Waals surface area contributed by atoms with Crippen LogP contribution in [0, 0.1) is 6.92 Å². The smallest absolute Gasteiger partial charge is 0.407 e. The van der Waals surface area contributed by atoms with Gasteiger partial charge in [0.05, 0.1) is 5.69 Å². The molecule has 0 saturated heterocycles. The Hall–Kier alpha value is -4.40. The summed E-state index contributed by atoms with van der Waals surface area (Å²) in [5.41, 5.74) is 3.03. The summed E-state index contributed by atoms with van der Waals surface area (Å²) in [6, 6.07) is 22.1. The third kappa shape index (κ3) is 7.26. The van der Waals surface area contributed by atoms with Crippen molar-refractivity contribution in [3.05, 3.63) is 89.4 Å². The van der Waals surface area contributed by atoms with E-state index in [-0.39, 0.29) is 23.7 Å². The first-order valence-electron chi connectivity index (χ1n) is 14.2. The molecular formula is C33H38N4O5. The van der Waals surface area contributed by atoms with Crippen LogP contribution in [0.2, 0.25) is 0 Å². The highest BCUT2D eigenvalue weighted by Gasteiger charge is 2.33. The molecule has 0 bridgehead atoms. The second kappa shape index (κ2) is 11.8. The van der Waals surface area contributed by atoms with Crippen molar-refractivity contribution < 1.29 is 23.4 Å². The van der Waals surface area contributed by atoms with Crippen molar-refractivity contribution in [2.45, 2.75) is 84.2 Å². The van der Waals surface area contributed by atoms with Crippen LogP contribution in [0.3, 0.4) is 0 Å². The number of alkyl carbamates (subject to hydrolysis) is 1. The highest BCUT2D eigenvalue weighted by Crippen LogP contribution is 2.34. The number of benzene rings is 2. The van der Waals surface area contributed by atoms with Gasteiger partial charge in [0, 0.05) is 31.2 Å². The Morgan fingerprint density at radius 2 is 1.55 bits per heavy atom. The summed E-state index contributed by atoms with van der Waals surface area (Å²) >= 11 is 0. The van der Waals surface area contributed by atoms with E-state index in [1.54, 1.807) is 6.92 Å². The van der Waals surface area contributed by atoms with Crippen LogP contribution in [0.5, 0.6) is 11.5 Å². The van der Waals surface area contributed by atoms with Crippen LogP contribution in [-0.4, -0.2) is 39.0 Å². The predicted octanol–water partition coefficient (Wildman–Crippen LogP) is 6.78. The maximum Gasteiger partial charge on any atom is 0.407 e. The molecule has 0 atom stereocenters. The lowest BCUT2D eigenvalue weighted by Crippen LogP contribution is -2.50. The van der Waals surface area contributed by atoms with Gasteiger partial charge in [-0.25, -0.2) is 9.78 Å². The van der Waals surface area contributed by atoms with E-state index >= 15 is 0 Å². The van der Waals surface area contributed by atoms with E-state index in [0.717, 1.165) is 30.0 Å². The van der Waals surface area contributed by atoms with Crippen LogP contribution >= 0.6 is 0 Å². The fourth-order valence-corrected chi connectivity index (χ4v) is 4.77. The van der Waals surface area contributed by atoms with Crippen molar-refractivity contribution in [2.24, 2.45) is 0 Å². The number of hydrogen-bond donors (Lipinski definition) is 1. The number of pyridine rings is 1. The second-order valence-corrected chi connectivity index (χ2v) is 12.2. The molecule has 220 valence electrons. The first kappa shape index (κ1) is 29.1. The van der Waals surface area contributed by atoms with Crippen molar-refractivity contribution >= 4 is 6.09 Å². The van der Waals surface area contributed by atoms with E-state index in [2.05, 4.69) is 58.6 Å². The molecule has 5 rings (SSSR count). The number of amides is 1. The van der Waals surface area contributed by atoms with E-state index in [9.17, 15) is 4.79 Å². The number of aryl methyl sites for hydroxylation is 1. The molecule has 0 aliphatic heterocycles. The molecule has 2 aromatic heterocycles. The summed E-state index contributed by atoms with van der Waals surface area (Å²) in [6.07, 6.45) is 1.23. The summed E-state index contributed by atoms with van der Waals surface area (Å²) in [5.74, 6) is 2.48. The molecule has 0 spiro atoms. The van der Waals surface area contributed by atoms with Gasteiger partial charge in [-0.2, -0.15) is 0 Å². The van der Waals surface area contributed by atoms with E-state index < -0.39 is 5.60 Å². The second-order valence-electron chi connectivity index (χ2n) is 12.2. The standard InChI is InChI=1S/C33H38N4O5/c1-21-36-37-30(40-21)29-9-7-8-24(34-29)20-39-26-14-10-22(11-15-26)33(5,6)23-12-16-27(17-13-23)41-28-18-25(19-28)35-31(38)42-32(2,3)4/h7-17,25,28H,18-20H2,1-6H3,(H,35,38)/t25-,28-. The Bertz CT molecular complexity index is 1500. The SMILES string of the molecule is Cc1nnc(-c2cccc(COc3ccc(C(C)(C)c4ccc(O[C@H]5C[C@H](NC(=O)OC(C)(C)C)C5)cc4)cc3)n2)o1. The lowest BCUT2D eigenvalue weighted by Gasteiger charge is -2.36. The topological polar surface area (TPSA) is 109 Å². The third-order valence-corrected chi connectivity index (χ3v) is 7.21. The summed E-state index contributed by atoms with van der Waals surface area (Å²) < 4.78 is 22.9. The minimum absolute atomic E-state index is 0.0806. The number of rotatable bonds is 9. The average Bonchev–Trinajstić information content (AvgIpc) is 3.37. The van der Waals surface area contributed by atoms with Crippen molar-refractivity contribution in [2.75, 3.05) is 0 Å². The average molecular weight is 571 g/mol. The summed E-state index contributed by atoms with van der Waals surface area (Å²) in [6.45, 7) is 12.0. The normalized spacial score (nSPS) is 16.8. The Kier molecular flexibility index (Phi) is 8.20. The number of hydrogen-bond acceptors (Lipinski definition) is 8. The highest BCUT2D eigenvalue weighted by atomic mass is 16.6.